The van der Waals surface area contributed by atoms with Crippen LogP contribution in [-0.4, -0.2) is 16.0 Å². The molecule has 0 saturated heterocycles. The lowest BCUT2D eigenvalue weighted by atomic mass is 9.82. The van der Waals surface area contributed by atoms with E-state index in [4.69, 9.17) is 16.7 Å². The number of hydrogen-bond acceptors (Lipinski definition) is 1. The standard InChI is InChI=1S/C15H15ClO2/c1-15(16)8-7-12(9-13(15)10-14(17)18)11-5-3-2-4-6-11/h2-9,13H,10H2,1H3,(H,17,18). The Balaban J connectivity index is 2.31. The van der Waals surface area contributed by atoms with Crippen molar-refractivity contribution in [3.63, 3.8) is 0 Å². The number of halogens is 1. The second-order valence-corrected chi connectivity index (χ2v) is 5.49. The van der Waals surface area contributed by atoms with Crippen LogP contribution in [0.15, 0.2) is 48.6 Å². The van der Waals surface area contributed by atoms with Crippen LogP contribution in [0.2, 0.25) is 0 Å². The quantitative estimate of drug-likeness (QED) is 0.843. The summed E-state index contributed by atoms with van der Waals surface area (Å²) in [5.41, 5.74) is 2.11. The Morgan fingerprint density at radius 3 is 2.67 bits per heavy atom. The van der Waals surface area contributed by atoms with Gasteiger partial charge >= 0.3 is 5.97 Å². The number of aliphatic carboxylic acids is 1. The Hall–Kier alpha value is -1.54. The first kappa shape index (κ1) is 12.9. The zero-order valence-electron chi connectivity index (χ0n) is 10.1. The molecule has 0 amide bonds. The van der Waals surface area contributed by atoms with Gasteiger partial charge in [-0.2, -0.15) is 0 Å². The van der Waals surface area contributed by atoms with E-state index in [9.17, 15) is 4.79 Å². The van der Waals surface area contributed by atoms with Gasteiger partial charge in [0, 0.05) is 5.92 Å². The van der Waals surface area contributed by atoms with Crippen molar-refractivity contribution in [2.45, 2.75) is 18.2 Å². The highest BCUT2D eigenvalue weighted by atomic mass is 35.5. The van der Waals surface area contributed by atoms with Gasteiger partial charge in [-0.05, 0) is 18.1 Å². The molecule has 1 aromatic carbocycles. The van der Waals surface area contributed by atoms with E-state index in [0.29, 0.717) is 0 Å². The number of carbonyl (C=O) groups is 1. The van der Waals surface area contributed by atoms with Gasteiger partial charge in [0.05, 0.1) is 11.3 Å². The number of carboxylic acid groups (broad SMARTS) is 1. The summed E-state index contributed by atoms with van der Waals surface area (Å²) < 4.78 is 0. The second-order valence-electron chi connectivity index (χ2n) is 4.68. The minimum absolute atomic E-state index is 0.0423. The molecule has 2 unspecified atom stereocenters. The third-order valence-corrected chi connectivity index (χ3v) is 3.60. The molecule has 0 saturated carbocycles. The predicted molar refractivity (Wildman–Crippen MR) is 73.6 cm³/mol. The predicted octanol–water partition coefficient (Wildman–Crippen LogP) is 3.73. The molecule has 94 valence electrons. The average molecular weight is 263 g/mol. The molecular formula is C15H15ClO2. The molecule has 1 aromatic rings. The molecule has 0 bridgehead atoms. The van der Waals surface area contributed by atoms with Gasteiger partial charge in [-0.1, -0.05) is 48.6 Å². The van der Waals surface area contributed by atoms with Crippen LogP contribution in [0.1, 0.15) is 18.9 Å². The second kappa shape index (κ2) is 4.99. The van der Waals surface area contributed by atoms with Gasteiger partial charge in [-0.3, -0.25) is 4.79 Å². The molecule has 1 aliphatic rings. The van der Waals surface area contributed by atoms with Crippen LogP contribution in [0.4, 0.5) is 0 Å². The number of allylic oxidation sites excluding steroid dienone is 4. The third-order valence-electron chi connectivity index (χ3n) is 3.20. The Kier molecular flexibility index (Phi) is 3.58. The summed E-state index contributed by atoms with van der Waals surface area (Å²) in [5, 5.41) is 8.94. The van der Waals surface area contributed by atoms with E-state index in [1.807, 2.05) is 55.5 Å². The molecule has 0 fully saturated rings. The monoisotopic (exact) mass is 262 g/mol. The number of hydrogen-bond donors (Lipinski definition) is 1. The zero-order valence-corrected chi connectivity index (χ0v) is 10.9. The Morgan fingerprint density at radius 1 is 1.39 bits per heavy atom. The normalized spacial score (nSPS) is 26.8. The van der Waals surface area contributed by atoms with Gasteiger partial charge in [0.2, 0.25) is 0 Å². The Morgan fingerprint density at radius 2 is 2.06 bits per heavy atom. The maximum atomic E-state index is 10.9. The summed E-state index contributed by atoms with van der Waals surface area (Å²) in [4.78, 5) is 10.3. The van der Waals surface area contributed by atoms with E-state index in [-0.39, 0.29) is 12.3 Å². The van der Waals surface area contributed by atoms with E-state index in [1.54, 1.807) is 0 Å². The number of alkyl halides is 1. The number of benzene rings is 1. The Labute approximate surface area is 112 Å². The van der Waals surface area contributed by atoms with Crippen molar-refractivity contribution in [3.8, 4) is 0 Å². The summed E-state index contributed by atoms with van der Waals surface area (Å²) in [6, 6.07) is 9.89. The van der Waals surface area contributed by atoms with Crippen LogP contribution in [0, 0.1) is 5.92 Å². The van der Waals surface area contributed by atoms with E-state index in [2.05, 4.69) is 0 Å². The maximum absolute atomic E-state index is 10.9. The molecule has 0 aliphatic heterocycles. The lowest BCUT2D eigenvalue weighted by Gasteiger charge is -2.29. The van der Waals surface area contributed by atoms with Crippen molar-refractivity contribution in [1.82, 2.24) is 0 Å². The molecule has 2 atom stereocenters. The molecule has 0 heterocycles. The van der Waals surface area contributed by atoms with Gasteiger partial charge in [0.1, 0.15) is 0 Å². The lowest BCUT2D eigenvalue weighted by molar-refractivity contribution is -0.137. The van der Waals surface area contributed by atoms with Crippen molar-refractivity contribution in [3.05, 3.63) is 54.1 Å². The van der Waals surface area contributed by atoms with Gasteiger partial charge in [-0.15, -0.1) is 11.6 Å². The molecule has 0 spiro atoms. The van der Waals surface area contributed by atoms with Crippen LogP contribution in [0.5, 0.6) is 0 Å². The highest BCUT2D eigenvalue weighted by Crippen LogP contribution is 2.37. The fourth-order valence-corrected chi connectivity index (χ4v) is 2.28. The van der Waals surface area contributed by atoms with Crippen LogP contribution in [0.25, 0.3) is 5.57 Å². The van der Waals surface area contributed by atoms with Crippen molar-refractivity contribution < 1.29 is 9.90 Å². The minimum Gasteiger partial charge on any atom is -0.481 e. The highest BCUT2D eigenvalue weighted by molar-refractivity contribution is 6.25. The zero-order chi connectivity index (χ0) is 13.2. The largest absolute Gasteiger partial charge is 0.481 e. The molecule has 18 heavy (non-hydrogen) atoms. The van der Waals surface area contributed by atoms with Crippen LogP contribution in [-0.2, 0) is 4.79 Å². The average Bonchev–Trinajstić information content (AvgIpc) is 2.32. The third kappa shape index (κ3) is 2.82. The van der Waals surface area contributed by atoms with Crippen molar-refractivity contribution in [2.24, 2.45) is 5.92 Å². The first-order chi connectivity index (χ1) is 8.49. The molecule has 1 aliphatic carbocycles. The summed E-state index contributed by atoms with van der Waals surface area (Å²) in [6.07, 6.45) is 5.84. The smallest absolute Gasteiger partial charge is 0.304 e. The highest BCUT2D eigenvalue weighted by Gasteiger charge is 2.32. The first-order valence-corrected chi connectivity index (χ1v) is 6.24. The summed E-state index contributed by atoms with van der Waals surface area (Å²) >= 11 is 6.34. The van der Waals surface area contributed by atoms with E-state index >= 15 is 0 Å². The molecule has 2 nitrogen and oxygen atoms in total. The fraction of sp³-hybridized carbons (Fsp3) is 0.267. The van der Waals surface area contributed by atoms with Crippen molar-refractivity contribution in [2.75, 3.05) is 0 Å². The van der Waals surface area contributed by atoms with Gasteiger partial charge in [-0.25, -0.2) is 0 Å². The van der Waals surface area contributed by atoms with E-state index in [0.717, 1.165) is 11.1 Å². The van der Waals surface area contributed by atoms with E-state index in [1.165, 1.54) is 0 Å². The molecule has 0 radical (unpaired) electrons. The van der Waals surface area contributed by atoms with Gasteiger partial charge in [0.25, 0.3) is 0 Å². The summed E-state index contributed by atoms with van der Waals surface area (Å²) in [7, 11) is 0. The number of carboxylic acids is 1. The fourth-order valence-electron chi connectivity index (χ4n) is 2.08. The minimum atomic E-state index is -0.828. The van der Waals surface area contributed by atoms with Gasteiger partial charge in [0.15, 0.2) is 0 Å². The molecular weight excluding hydrogens is 248 g/mol. The van der Waals surface area contributed by atoms with Crippen LogP contribution in [0.3, 0.4) is 0 Å². The first-order valence-electron chi connectivity index (χ1n) is 5.86. The summed E-state index contributed by atoms with van der Waals surface area (Å²) in [6.45, 7) is 1.84. The molecule has 3 heteroatoms. The molecule has 1 N–H and O–H groups in total. The SMILES string of the molecule is CC1(Cl)C=CC(c2ccccc2)=CC1CC(=O)O. The van der Waals surface area contributed by atoms with Crippen molar-refractivity contribution in [1.29, 1.82) is 0 Å². The Bertz CT molecular complexity index is 500. The lowest BCUT2D eigenvalue weighted by Crippen LogP contribution is -2.29. The molecule has 2 rings (SSSR count). The molecule has 0 aromatic heterocycles. The topological polar surface area (TPSA) is 37.3 Å². The summed E-state index contributed by atoms with van der Waals surface area (Å²) in [5.74, 6) is -1.03. The number of rotatable bonds is 3. The van der Waals surface area contributed by atoms with Crippen LogP contribution < -0.4 is 0 Å². The van der Waals surface area contributed by atoms with E-state index < -0.39 is 10.8 Å². The maximum Gasteiger partial charge on any atom is 0.304 e. The van der Waals surface area contributed by atoms with Gasteiger partial charge < -0.3 is 5.11 Å². The van der Waals surface area contributed by atoms with Crippen molar-refractivity contribution >= 4 is 23.1 Å². The van der Waals surface area contributed by atoms with Crippen LogP contribution >= 0.6 is 11.6 Å².